The number of likely N-dealkylation sites (tertiary alicyclic amines) is 1. The van der Waals surface area contributed by atoms with Crippen molar-refractivity contribution in [1.29, 1.82) is 0 Å². The second kappa shape index (κ2) is 10.7. The Kier molecular flexibility index (Phi) is 7.23. The lowest BCUT2D eigenvalue weighted by molar-refractivity contribution is -0.140. The molecule has 38 heavy (non-hydrogen) atoms. The van der Waals surface area contributed by atoms with Gasteiger partial charge in [-0.3, -0.25) is 9.59 Å². The summed E-state index contributed by atoms with van der Waals surface area (Å²) in [6.45, 7) is 4.09. The van der Waals surface area contributed by atoms with Crippen LogP contribution in [0.5, 0.6) is 11.5 Å². The van der Waals surface area contributed by atoms with E-state index in [0.29, 0.717) is 22.6 Å². The molecule has 1 atom stereocenters. The molecular formula is C32H33NO5. The lowest BCUT2D eigenvalue weighted by atomic mass is 9.88. The molecule has 1 N–H and O–H groups in total. The number of fused-ring (bicyclic) bond motifs is 1. The smallest absolute Gasteiger partial charge is 0.295 e. The van der Waals surface area contributed by atoms with Crippen molar-refractivity contribution in [3.05, 3.63) is 100 Å². The topological polar surface area (TPSA) is 76.1 Å². The minimum Gasteiger partial charge on any atom is -0.507 e. The number of benzene rings is 3. The van der Waals surface area contributed by atoms with Gasteiger partial charge in [-0.15, -0.1) is 0 Å². The zero-order valence-corrected chi connectivity index (χ0v) is 22.1. The molecular weight excluding hydrogens is 478 g/mol. The highest BCUT2D eigenvalue weighted by Gasteiger charge is 2.46. The number of aliphatic hydroxyl groups excluding tert-OH is 1. The first-order valence-corrected chi connectivity index (χ1v) is 13.2. The maximum absolute atomic E-state index is 13.5. The third kappa shape index (κ3) is 5.03. The van der Waals surface area contributed by atoms with Crippen molar-refractivity contribution in [1.82, 2.24) is 4.90 Å². The lowest BCUT2D eigenvalue weighted by Crippen LogP contribution is -2.29. The first-order chi connectivity index (χ1) is 18.4. The molecule has 1 heterocycles. The third-order valence-electron chi connectivity index (χ3n) is 7.22. The summed E-state index contributed by atoms with van der Waals surface area (Å²) in [4.78, 5) is 28.5. The van der Waals surface area contributed by atoms with Crippen LogP contribution >= 0.6 is 0 Å². The molecule has 5 rings (SSSR count). The summed E-state index contributed by atoms with van der Waals surface area (Å²) in [5.74, 6) is -0.122. The number of amides is 1. The molecule has 6 nitrogen and oxygen atoms in total. The molecule has 0 aromatic heterocycles. The van der Waals surface area contributed by atoms with Gasteiger partial charge in [0, 0.05) is 12.1 Å². The fourth-order valence-corrected chi connectivity index (χ4v) is 5.38. The molecule has 3 aromatic carbocycles. The normalized spacial score (nSPS) is 18.5. The van der Waals surface area contributed by atoms with E-state index in [0.717, 1.165) is 31.2 Å². The number of ether oxygens (including phenoxy) is 2. The highest BCUT2D eigenvalue weighted by molar-refractivity contribution is 6.46. The molecule has 0 radical (unpaired) electrons. The molecule has 1 unspecified atom stereocenters. The van der Waals surface area contributed by atoms with E-state index in [1.165, 1.54) is 16.0 Å². The minimum atomic E-state index is -0.760. The summed E-state index contributed by atoms with van der Waals surface area (Å²) in [6.07, 6.45) is 4.19. The number of carbonyl (C=O) groups excluding carboxylic acids is 2. The van der Waals surface area contributed by atoms with Crippen LogP contribution < -0.4 is 9.47 Å². The van der Waals surface area contributed by atoms with Crippen LogP contribution in [0.1, 0.15) is 60.5 Å². The predicted molar refractivity (Wildman–Crippen MR) is 146 cm³/mol. The summed E-state index contributed by atoms with van der Waals surface area (Å²) in [6, 6.07) is 19.9. The zero-order valence-electron chi connectivity index (χ0n) is 22.1. The van der Waals surface area contributed by atoms with Crippen LogP contribution in [0.4, 0.5) is 0 Å². The molecule has 1 aliphatic carbocycles. The highest BCUT2D eigenvalue weighted by Crippen LogP contribution is 2.41. The molecule has 196 valence electrons. The van der Waals surface area contributed by atoms with Gasteiger partial charge in [-0.05, 0) is 92.1 Å². The van der Waals surface area contributed by atoms with Gasteiger partial charge >= 0.3 is 0 Å². The highest BCUT2D eigenvalue weighted by atomic mass is 16.5. The molecule has 1 fully saturated rings. The van der Waals surface area contributed by atoms with Crippen LogP contribution in [0, 0.1) is 0 Å². The number of methoxy groups -OCH3 is 1. The summed E-state index contributed by atoms with van der Waals surface area (Å²) in [5, 5.41) is 11.5. The van der Waals surface area contributed by atoms with Crippen LogP contribution in [0.15, 0.2) is 72.3 Å². The monoisotopic (exact) mass is 511 g/mol. The largest absolute Gasteiger partial charge is 0.507 e. The Hall–Kier alpha value is -4.06. The Balaban J connectivity index is 1.61. The van der Waals surface area contributed by atoms with Crippen LogP contribution in [0.2, 0.25) is 0 Å². The molecule has 0 saturated carbocycles. The molecule has 0 bridgehead atoms. The second-order valence-corrected chi connectivity index (χ2v) is 10.2. The van der Waals surface area contributed by atoms with Gasteiger partial charge in [0.05, 0.1) is 24.8 Å². The number of ketones is 1. The molecule has 0 spiro atoms. The van der Waals surface area contributed by atoms with Crippen molar-refractivity contribution in [3.63, 3.8) is 0 Å². The van der Waals surface area contributed by atoms with E-state index in [-0.39, 0.29) is 24.0 Å². The fraction of sp³-hybridized carbons (Fsp3) is 0.312. The van der Waals surface area contributed by atoms with E-state index in [1.54, 1.807) is 7.11 Å². The summed E-state index contributed by atoms with van der Waals surface area (Å²) in [7, 11) is 1.60. The third-order valence-corrected chi connectivity index (χ3v) is 7.22. The SMILES string of the molecule is COc1ccc(CN2C(=O)C(=O)/C(=C(\O)c3ccc4c(c3)CCCC4)C2c2cccc(OC(C)C)c2)cc1. The first-order valence-electron chi connectivity index (χ1n) is 13.2. The van der Waals surface area contributed by atoms with Gasteiger partial charge in [-0.25, -0.2) is 0 Å². The van der Waals surface area contributed by atoms with Gasteiger partial charge in [0.25, 0.3) is 11.7 Å². The predicted octanol–water partition coefficient (Wildman–Crippen LogP) is 5.98. The fourth-order valence-electron chi connectivity index (χ4n) is 5.38. The zero-order chi connectivity index (χ0) is 26.8. The van der Waals surface area contributed by atoms with Crippen molar-refractivity contribution in [2.45, 2.75) is 58.2 Å². The van der Waals surface area contributed by atoms with Gasteiger partial charge in [0.2, 0.25) is 0 Å². The molecule has 1 aliphatic heterocycles. The average molecular weight is 512 g/mol. The number of nitrogens with zero attached hydrogens (tertiary/aromatic N) is 1. The Morgan fingerprint density at radius 3 is 2.39 bits per heavy atom. The molecule has 3 aromatic rings. The Labute approximate surface area is 223 Å². The van der Waals surface area contributed by atoms with Crippen LogP contribution in [0.25, 0.3) is 5.76 Å². The number of rotatable bonds is 7. The van der Waals surface area contributed by atoms with Crippen LogP contribution in [-0.4, -0.2) is 34.9 Å². The number of Topliss-reactive ketones (excluding diaryl/α,β-unsaturated/α-hetero) is 1. The molecule has 2 aliphatic rings. The Morgan fingerprint density at radius 1 is 0.947 bits per heavy atom. The lowest BCUT2D eigenvalue weighted by Gasteiger charge is -2.26. The van der Waals surface area contributed by atoms with Gasteiger partial charge < -0.3 is 19.5 Å². The van der Waals surface area contributed by atoms with Gasteiger partial charge in [-0.2, -0.15) is 0 Å². The van der Waals surface area contributed by atoms with Crippen molar-refractivity contribution < 1.29 is 24.2 Å². The average Bonchev–Trinajstić information content (AvgIpc) is 3.17. The second-order valence-electron chi connectivity index (χ2n) is 10.2. The van der Waals surface area contributed by atoms with Crippen molar-refractivity contribution in [2.75, 3.05) is 7.11 Å². The van der Waals surface area contributed by atoms with E-state index in [4.69, 9.17) is 9.47 Å². The van der Waals surface area contributed by atoms with E-state index < -0.39 is 17.7 Å². The number of aryl methyl sites for hydroxylation is 2. The minimum absolute atomic E-state index is 0.0357. The van der Waals surface area contributed by atoms with Crippen LogP contribution in [-0.2, 0) is 29.0 Å². The molecule has 6 heteroatoms. The van der Waals surface area contributed by atoms with Crippen molar-refractivity contribution in [3.8, 4) is 11.5 Å². The summed E-state index contributed by atoms with van der Waals surface area (Å²) in [5.41, 5.74) is 4.68. The number of aliphatic hydroxyl groups is 1. The van der Waals surface area contributed by atoms with Gasteiger partial charge in [0.1, 0.15) is 17.3 Å². The maximum Gasteiger partial charge on any atom is 0.295 e. The maximum atomic E-state index is 13.5. The van der Waals surface area contributed by atoms with Crippen LogP contribution in [0.3, 0.4) is 0 Å². The van der Waals surface area contributed by atoms with Crippen molar-refractivity contribution in [2.24, 2.45) is 0 Å². The summed E-state index contributed by atoms with van der Waals surface area (Å²) >= 11 is 0. The molecule has 1 amide bonds. The number of hydrogen-bond acceptors (Lipinski definition) is 5. The van der Waals surface area contributed by atoms with Gasteiger partial charge in [-0.1, -0.05) is 36.4 Å². The van der Waals surface area contributed by atoms with E-state index in [1.807, 2.05) is 80.6 Å². The Bertz CT molecular complexity index is 1390. The van der Waals surface area contributed by atoms with E-state index >= 15 is 0 Å². The quantitative estimate of drug-likeness (QED) is 0.240. The standard InChI is InChI=1S/C32H33NO5/c1-20(2)38-27-10-6-9-24(18-27)29-28(30(34)25-14-13-22-7-4-5-8-23(22)17-25)31(35)32(36)33(29)19-21-11-15-26(37-3)16-12-21/h6,9-18,20,29,34H,4-5,7-8,19H2,1-3H3/b30-28-. The first kappa shape index (κ1) is 25.6. The molecule has 1 saturated heterocycles. The van der Waals surface area contributed by atoms with Crippen molar-refractivity contribution >= 4 is 17.4 Å². The van der Waals surface area contributed by atoms with E-state index in [9.17, 15) is 14.7 Å². The number of carbonyl (C=O) groups is 2. The van der Waals surface area contributed by atoms with Gasteiger partial charge in [0.15, 0.2) is 0 Å². The van der Waals surface area contributed by atoms with E-state index in [2.05, 4.69) is 0 Å². The Morgan fingerprint density at radius 2 is 1.68 bits per heavy atom. The summed E-state index contributed by atoms with van der Waals surface area (Å²) < 4.78 is 11.2. The number of hydrogen-bond donors (Lipinski definition) is 1.